The molecule has 0 aliphatic heterocycles. The van der Waals surface area contributed by atoms with Crippen molar-refractivity contribution < 1.29 is 18.5 Å². The molecule has 0 spiro atoms. The van der Waals surface area contributed by atoms with Crippen LogP contribution in [0.4, 0.5) is 9.18 Å². The molecule has 5 nitrogen and oxygen atoms in total. The van der Waals surface area contributed by atoms with Gasteiger partial charge < -0.3 is 14.6 Å². The highest BCUT2D eigenvalue weighted by Gasteiger charge is 2.34. The Balaban J connectivity index is 3.02. The van der Waals surface area contributed by atoms with Gasteiger partial charge in [-0.15, -0.1) is 4.72 Å². The van der Waals surface area contributed by atoms with Gasteiger partial charge in [-0.2, -0.15) is 0 Å². The molecule has 0 unspecified atom stereocenters. The number of nitrogens with one attached hydrogen (secondary N) is 2. The van der Waals surface area contributed by atoms with Crippen molar-refractivity contribution in [1.29, 1.82) is 0 Å². The van der Waals surface area contributed by atoms with E-state index < -0.39 is 45.7 Å². The minimum atomic E-state index is -1.44. The summed E-state index contributed by atoms with van der Waals surface area (Å²) in [6, 6.07) is 5.02. The molecule has 0 bridgehead atoms. The molecule has 0 aromatic heterocycles. The third kappa shape index (κ3) is 7.22. The Kier molecular flexibility index (Phi) is 7.28. The van der Waals surface area contributed by atoms with E-state index in [2.05, 4.69) is 10.0 Å². The van der Waals surface area contributed by atoms with E-state index in [1.54, 1.807) is 45.9 Å². The van der Waals surface area contributed by atoms with Crippen LogP contribution in [-0.4, -0.2) is 27.0 Å². The Morgan fingerprint density at radius 3 is 2.24 bits per heavy atom. The summed E-state index contributed by atoms with van der Waals surface area (Å²) in [5.41, 5.74) is -0.303. The van der Waals surface area contributed by atoms with Gasteiger partial charge in [0.25, 0.3) is 0 Å². The van der Waals surface area contributed by atoms with Crippen LogP contribution >= 0.6 is 0 Å². The SMILES string of the molecule is C[C@H](NC(=O)OC(C)(C)C)[C@H](N[S@+]([O-])C(C)(C)C)c1ccccc1F. The number of benzene rings is 1. The standard InChI is InChI=1S/C18H29FN2O3S/c1-12(20-16(22)24-17(2,3)4)15(21-25(23)18(5,6)7)13-10-8-9-11-14(13)19/h8-12,15,21H,1-7H3,(H,20,22)/t12-,15-,25+/m0/s1. The highest BCUT2D eigenvalue weighted by atomic mass is 32.2. The van der Waals surface area contributed by atoms with E-state index in [1.807, 2.05) is 20.8 Å². The molecule has 0 saturated carbocycles. The maximum atomic E-state index is 14.3. The summed E-state index contributed by atoms with van der Waals surface area (Å²) in [5.74, 6) is -0.427. The first-order valence-electron chi connectivity index (χ1n) is 8.23. The van der Waals surface area contributed by atoms with E-state index in [1.165, 1.54) is 6.07 Å². The van der Waals surface area contributed by atoms with Crippen molar-refractivity contribution in [3.63, 3.8) is 0 Å². The number of alkyl carbamates (subject to hydrolysis) is 1. The van der Waals surface area contributed by atoms with Crippen LogP contribution in [0.2, 0.25) is 0 Å². The van der Waals surface area contributed by atoms with Crippen molar-refractivity contribution >= 4 is 17.5 Å². The molecule has 0 saturated heterocycles. The molecule has 2 N–H and O–H groups in total. The number of hydrogen-bond acceptors (Lipinski definition) is 4. The lowest BCUT2D eigenvalue weighted by atomic mass is 10.0. The van der Waals surface area contributed by atoms with Gasteiger partial charge >= 0.3 is 6.09 Å². The molecule has 142 valence electrons. The van der Waals surface area contributed by atoms with E-state index >= 15 is 0 Å². The van der Waals surface area contributed by atoms with Crippen LogP contribution in [0.15, 0.2) is 24.3 Å². The zero-order chi connectivity index (χ0) is 19.4. The van der Waals surface area contributed by atoms with Crippen LogP contribution in [0.25, 0.3) is 0 Å². The van der Waals surface area contributed by atoms with Crippen molar-refractivity contribution in [2.24, 2.45) is 0 Å². The van der Waals surface area contributed by atoms with Crippen LogP contribution in [0.1, 0.15) is 60.1 Å². The molecule has 0 fully saturated rings. The van der Waals surface area contributed by atoms with Gasteiger partial charge in [0.2, 0.25) is 0 Å². The van der Waals surface area contributed by atoms with Crippen molar-refractivity contribution in [1.82, 2.24) is 10.0 Å². The molecule has 0 aliphatic carbocycles. The molecular weight excluding hydrogens is 343 g/mol. The fourth-order valence-electron chi connectivity index (χ4n) is 2.03. The van der Waals surface area contributed by atoms with Crippen LogP contribution in [-0.2, 0) is 16.1 Å². The quantitative estimate of drug-likeness (QED) is 0.771. The van der Waals surface area contributed by atoms with Gasteiger partial charge in [0, 0.05) is 16.9 Å². The first-order valence-corrected chi connectivity index (χ1v) is 9.38. The highest BCUT2D eigenvalue weighted by Crippen LogP contribution is 2.25. The number of hydrogen-bond donors (Lipinski definition) is 2. The zero-order valence-corrected chi connectivity index (χ0v) is 16.8. The summed E-state index contributed by atoms with van der Waals surface area (Å²) in [4.78, 5) is 12.0. The fraction of sp³-hybridized carbons (Fsp3) is 0.611. The minimum Gasteiger partial charge on any atom is -0.598 e. The molecule has 7 heteroatoms. The molecular formula is C18H29FN2O3S. The second-order valence-electron chi connectivity index (χ2n) is 7.93. The Morgan fingerprint density at radius 2 is 1.76 bits per heavy atom. The number of amides is 1. The normalized spacial score (nSPS) is 16.0. The van der Waals surface area contributed by atoms with Crippen molar-refractivity contribution in [2.45, 2.75) is 70.9 Å². The van der Waals surface area contributed by atoms with Gasteiger partial charge in [0.15, 0.2) is 0 Å². The van der Waals surface area contributed by atoms with Gasteiger partial charge in [-0.05, 0) is 54.5 Å². The summed E-state index contributed by atoms with van der Waals surface area (Å²) >= 11 is -1.44. The third-order valence-corrected chi connectivity index (χ3v) is 4.86. The number of rotatable bonds is 5. The van der Waals surface area contributed by atoms with Gasteiger partial charge in [-0.1, -0.05) is 18.2 Å². The first-order chi connectivity index (χ1) is 11.3. The smallest absolute Gasteiger partial charge is 0.407 e. The largest absolute Gasteiger partial charge is 0.598 e. The number of halogens is 1. The summed E-state index contributed by atoms with van der Waals surface area (Å²) < 4.78 is 34.4. The van der Waals surface area contributed by atoms with E-state index in [0.717, 1.165) is 0 Å². The van der Waals surface area contributed by atoms with Crippen molar-refractivity contribution in [3.8, 4) is 0 Å². The molecule has 0 heterocycles. The molecule has 0 aliphatic rings. The average molecular weight is 373 g/mol. The lowest BCUT2D eigenvalue weighted by molar-refractivity contribution is 0.0499. The van der Waals surface area contributed by atoms with E-state index in [9.17, 15) is 13.7 Å². The van der Waals surface area contributed by atoms with Crippen LogP contribution in [0.3, 0.4) is 0 Å². The van der Waals surface area contributed by atoms with E-state index in [-0.39, 0.29) is 0 Å². The monoisotopic (exact) mass is 372 g/mol. The Morgan fingerprint density at radius 1 is 1.20 bits per heavy atom. The molecule has 0 radical (unpaired) electrons. The maximum absolute atomic E-state index is 14.3. The van der Waals surface area contributed by atoms with Gasteiger partial charge in [0.05, 0.1) is 6.04 Å². The summed E-state index contributed by atoms with van der Waals surface area (Å²) in [6.07, 6.45) is -0.607. The second kappa shape index (κ2) is 8.38. The summed E-state index contributed by atoms with van der Waals surface area (Å²) in [7, 11) is 0. The fourth-order valence-corrected chi connectivity index (χ4v) is 2.95. The van der Waals surface area contributed by atoms with Gasteiger partial charge in [-0.25, -0.2) is 9.18 Å². The summed E-state index contributed by atoms with van der Waals surface area (Å²) in [5, 5.41) is 2.69. The van der Waals surface area contributed by atoms with Gasteiger partial charge in [-0.3, -0.25) is 0 Å². The molecule has 1 rings (SSSR count). The zero-order valence-electron chi connectivity index (χ0n) is 16.0. The lowest BCUT2D eigenvalue weighted by Gasteiger charge is -2.32. The summed E-state index contributed by atoms with van der Waals surface area (Å²) in [6.45, 7) is 12.5. The predicted molar refractivity (Wildman–Crippen MR) is 99.0 cm³/mol. The lowest BCUT2D eigenvalue weighted by Crippen LogP contribution is -2.49. The van der Waals surface area contributed by atoms with Crippen LogP contribution < -0.4 is 10.0 Å². The van der Waals surface area contributed by atoms with E-state index in [0.29, 0.717) is 5.56 Å². The topological polar surface area (TPSA) is 73.4 Å². The van der Waals surface area contributed by atoms with Crippen molar-refractivity contribution in [2.75, 3.05) is 0 Å². The number of carbonyl (C=O) groups is 1. The van der Waals surface area contributed by atoms with Gasteiger partial charge in [0.1, 0.15) is 22.2 Å². The number of ether oxygens (including phenoxy) is 1. The molecule has 1 amide bonds. The van der Waals surface area contributed by atoms with E-state index in [4.69, 9.17) is 4.74 Å². The second-order valence-corrected chi connectivity index (χ2v) is 9.93. The maximum Gasteiger partial charge on any atom is 0.407 e. The number of carbonyl (C=O) groups excluding carboxylic acids is 1. The Hall–Kier alpha value is -1.31. The first kappa shape index (κ1) is 21.7. The average Bonchev–Trinajstić information content (AvgIpc) is 2.42. The minimum absolute atomic E-state index is 0.337. The Labute approximate surface area is 153 Å². The molecule has 1 aromatic rings. The van der Waals surface area contributed by atoms with Crippen LogP contribution in [0, 0.1) is 5.82 Å². The third-order valence-electron chi connectivity index (χ3n) is 3.27. The molecule has 1 aromatic carbocycles. The molecule has 3 atom stereocenters. The Bertz CT molecular complexity index is 584. The molecule has 25 heavy (non-hydrogen) atoms. The predicted octanol–water partition coefficient (Wildman–Crippen LogP) is 3.83. The van der Waals surface area contributed by atoms with Crippen molar-refractivity contribution in [3.05, 3.63) is 35.6 Å². The van der Waals surface area contributed by atoms with Crippen LogP contribution in [0.5, 0.6) is 0 Å². The highest BCUT2D eigenvalue weighted by molar-refractivity contribution is 7.90.